The Morgan fingerprint density at radius 1 is 1.11 bits per heavy atom. The number of rotatable bonds is 6. The Bertz CT molecular complexity index is 1010. The average Bonchev–Trinajstić information content (AvgIpc) is 3.52. The minimum Gasteiger partial charge on any atom is -0.497 e. The molecule has 142 valence electrons. The number of methoxy groups -OCH3 is 1. The van der Waals surface area contributed by atoms with Gasteiger partial charge < -0.3 is 4.74 Å². The van der Waals surface area contributed by atoms with Gasteiger partial charge in [0, 0.05) is 29.6 Å². The van der Waals surface area contributed by atoms with Crippen LogP contribution in [0, 0.1) is 12.7 Å². The number of hydrogen-bond acceptors (Lipinski definition) is 5. The molecular formula is C22H20FN3O2. The number of carbonyl (C=O) groups is 1. The van der Waals surface area contributed by atoms with E-state index in [1.165, 1.54) is 11.8 Å². The van der Waals surface area contributed by atoms with Crippen molar-refractivity contribution in [3.05, 3.63) is 82.9 Å². The van der Waals surface area contributed by atoms with Crippen molar-refractivity contribution in [3.8, 4) is 5.75 Å². The number of aromatic nitrogens is 3. The molecule has 1 aliphatic carbocycles. The summed E-state index contributed by atoms with van der Waals surface area (Å²) in [6, 6.07) is 8.02. The van der Waals surface area contributed by atoms with Gasteiger partial charge in [-0.25, -0.2) is 4.39 Å². The Morgan fingerprint density at radius 2 is 1.86 bits per heavy atom. The predicted molar refractivity (Wildman–Crippen MR) is 102 cm³/mol. The summed E-state index contributed by atoms with van der Waals surface area (Å²) in [4.78, 5) is 25.3. The van der Waals surface area contributed by atoms with E-state index in [9.17, 15) is 9.18 Å². The van der Waals surface area contributed by atoms with Crippen LogP contribution in [0.5, 0.6) is 5.75 Å². The van der Waals surface area contributed by atoms with Crippen LogP contribution in [-0.2, 0) is 11.8 Å². The van der Waals surface area contributed by atoms with Crippen molar-refractivity contribution in [3.63, 3.8) is 0 Å². The van der Waals surface area contributed by atoms with Gasteiger partial charge in [-0.15, -0.1) is 0 Å². The van der Waals surface area contributed by atoms with Crippen molar-refractivity contribution in [1.82, 2.24) is 15.0 Å². The van der Waals surface area contributed by atoms with E-state index in [0.29, 0.717) is 11.3 Å². The molecule has 0 N–H and O–H groups in total. The third-order valence-corrected chi connectivity index (χ3v) is 5.38. The summed E-state index contributed by atoms with van der Waals surface area (Å²) in [6.07, 6.45) is 7.98. The van der Waals surface area contributed by atoms with E-state index in [-0.39, 0.29) is 23.2 Å². The Morgan fingerprint density at radius 3 is 2.46 bits per heavy atom. The first kappa shape index (κ1) is 18.2. The summed E-state index contributed by atoms with van der Waals surface area (Å²) < 4.78 is 18.9. The highest BCUT2D eigenvalue weighted by Gasteiger charge is 2.47. The maximum atomic E-state index is 13.6. The Balaban J connectivity index is 1.52. The molecule has 2 heterocycles. The summed E-state index contributed by atoms with van der Waals surface area (Å²) in [5.74, 6) is 0.118. The minimum atomic E-state index is -0.484. The van der Waals surface area contributed by atoms with Gasteiger partial charge in [0.1, 0.15) is 11.6 Å². The molecule has 0 bridgehead atoms. The number of hydrogen-bond donors (Lipinski definition) is 0. The van der Waals surface area contributed by atoms with Crippen molar-refractivity contribution in [1.29, 1.82) is 0 Å². The second-order valence-corrected chi connectivity index (χ2v) is 7.10. The first-order valence-corrected chi connectivity index (χ1v) is 9.13. The van der Waals surface area contributed by atoms with E-state index in [0.717, 1.165) is 30.5 Å². The predicted octanol–water partition coefficient (Wildman–Crippen LogP) is 3.83. The van der Waals surface area contributed by atoms with E-state index in [2.05, 4.69) is 27.1 Å². The van der Waals surface area contributed by atoms with Crippen molar-refractivity contribution in [2.24, 2.45) is 0 Å². The largest absolute Gasteiger partial charge is 0.497 e. The number of ketones is 1. The topological polar surface area (TPSA) is 65.0 Å². The van der Waals surface area contributed by atoms with Crippen molar-refractivity contribution in [2.75, 3.05) is 7.11 Å². The van der Waals surface area contributed by atoms with Crippen LogP contribution in [-0.4, -0.2) is 27.8 Å². The van der Waals surface area contributed by atoms with E-state index in [4.69, 9.17) is 4.74 Å². The van der Waals surface area contributed by atoms with Gasteiger partial charge in [0.2, 0.25) is 0 Å². The molecule has 28 heavy (non-hydrogen) atoms. The molecule has 5 nitrogen and oxygen atoms in total. The van der Waals surface area contributed by atoms with E-state index >= 15 is 0 Å². The molecule has 0 unspecified atom stereocenters. The number of pyridine rings is 1. The number of nitrogens with zero attached hydrogens (tertiary/aromatic N) is 3. The fourth-order valence-corrected chi connectivity index (χ4v) is 3.46. The molecule has 3 aromatic rings. The van der Waals surface area contributed by atoms with Crippen molar-refractivity contribution < 1.29 is 13.9 Å². The summed E-state index contributed by atoms with van der Waals surface area (Å²) >= 11 is 0. The zero-order valence-electron chi connectivity index (χ0n) is 15.8. The smallest absolute Gasteiger partial charge is 0.170 e. The summed E-state index contributed by atoms with van der Waals surface area (Å²) in [5, 5.41) is 0. The zero-order valence-corrected chi connectivity index (χ0v) is 15.8. The molecule has 1 fully saturated rings. The molecule has 4 rings (SSSR count). The lowest BCUT2D eigenvalue weighted by Crippen LogP contribution is -2.13. The number of ether oxygens (including phenoxy) is 1. The van der Waals surface area contributed by atoms with Crippen molar-refractivity contribution >= 4 is 5.78 Å². The zero-order chi connectivity index (χ0) is 19.7. The van der Waals surface area contributed by atoms with Crippen LogP contribution in [0.4, 0.5) is 4.39 Å². The Labute approximate surface area is 162 Å². The molecule has 1 aliphatic rings. The van der Waals surface area contributed by atoms with E-state index < -0.39 is 5.82 Å². The minimum absolute atomic E-state index is 0.0643. The van der Waals surface area contributed by atoms with E-state index in [1.54, 1.807) is 26.4 Å². The third-order valence-electron chi connectivity index (χ3n) is 5.38. The Kier molecular flexibility index (Phi) is 4.63. The summed E-state index contributed by atoms with van der Waals surface area (Å²) in [6.45, 7) is 1.57. The fraction of sp³-hybridized carbons (Fsp3) is 0.273. The summed E-state index contributed by atoms with van der Waals surface area (Å²) in [5.41, 5.74) is 3.13. The average molecular weight is 377 g/mol. The normalized spacial score (nSPS) is 14.5. The monoisotopic (exact) mass is 377 g/mol. The van der Waals surface area contributed by atoms with Gasteiger partial charge in [-0.2, -0.15) is 0 Å². The molecule has 0 saturated heterocycles. The van der Waals surface area contributed by atoms with Crippen LogP contribution < -0.4 is 4.74 Å². The molecule has 1 aromatic carbocycles. The van der Waals surface area contributed by atoms with Crippen LogP contribution in [0.25, 0.3) is 0 Å². The summed E-state index contributed by atoms with van der Waals surface area (Å²) in [7, 11) is 1.65. The number of carbonyl (C=O) groups excluding carboxylic acids is 1. The maximum absolute atomic E-state index is 13.6. The number of Topliss-reactive ketones (excluding diaryl/α,β-unsaturated/α-hetero) is 1. The van der Waals surface area contributed by atoms with Crippen LogP contribution >= 0.6 is 0 Å². The SMILES string of the molecule is COc1ccc(C2(c3cnc(CC(=O)c4cncc(F)c4C)cn3)CC2)cc1. The van der Waals surface area contributed by atoms with Crippen molar-refractivity contribution in [2.45, 2.75) is 31.6 Å². The second-order valence-electron chi connectivity index (χ2n) is 7.10. The van der Waals surface area contributed by atoms with Crippen LogP contribution in [0.1, 0.15) is 45.7 Å². The fourth-order valence-electron chi connectivity index (χ4n) is 3.46. The molecule has 2 aromatic heterocycles. The van der Waals surface area contributed by atoms with Gasteiger partial charge in [0.15, 0.2) is 5.78 Å². The molecule has 0 atom stereocenters. The van der Waals surface area contributed by atoms with Crippen LogP contribution in [0.15, 0.2) is 49.1 Å². The Hall–Kier alpha value is -3.15. The van der Waals surface area contributed by atoms with Gasteiger partial charge in [0.05, 0.1) is 31.1 Å². The lowest BCUT2D eigenvalue weighted by molar-refractivity contribution is 0.0990. The highest BCUT2D eigenvalue weighted by atomic mass is 19.1. The highest BCUT2D eigenvalue weighted by molar-refractivity contribution is 5.98. The van der Waals surface area contributed by atoms with Gasteiger partial charge in [-0.3, -0.25) is 19.7 Å². The molecule has 0 amide bonds. The standard InChI is InChI=1S/C22H20FN3O2/c1-14-18(11-24-12-19(14)23)20(27)9-16-10-26-21(13-25-16)22(7-8-22)15-3-5-17(28-2)6-4-15/h3-6,10-13H,7-9H2,1-2H3. The molecule has 6 heteroatoms. The van der Waals surface area contributed by atoms with Gasteiger partial charge in [0.25, 0.3) is 0 Å². The van der Waals surface area contributed by atoms with Gasteiger partial charge >= 0.3 is 0 Å². The first-order chi connectivity index (χ1) is 13.5. The van der Waals surface area contributed by atoms with Gasteiger partial charge in [-0.1, -0.05) is 12.1 Å². The maximum Gasteiger partial charge on any atom is 0.170 e. The molecule has 0 aliphatic heterocycles. The molecule has 0 radical (unpaired) electrons. The second kappa shape index (κ2) is 7.11. The highest BCUT2D eigenvalue weighted by Crippen LogP contribution is 2.52. The lowest BCUT2D eigenvalue weighted by Gasteiger charge is -2.15. The van der Waals surface area contributed by atoms with Crippen LogP contribution in [0.3, 0.4) is 0 Å². The lowest BCUT2D eigenvalue weighted by atomic mass is 9.92. The molecule has 0 spiro atoms. The molecule has 1 saturated carbocycles. The quantitative estimate of drug-likeness (QED) is 0.611. The van der Waals surface area contributed by atoms with E-state index in [1.807, 2.05) is 12.1 Å². The number of halogens is 1. The molecular weight excluding hydrogens is 357 g/mol. The van der Waals surface area contributed by atoms with Gasteiger partial charge in [-0.05, 0) is 43.0 Å². The first-order valence-electron chi connectivity index (χ1n) is 9.13. The number of benzene rings is 1. The van der Waals surface area contributed by atoms with Crippen LogP contribution in [0.2, 0.25) is 0 Å². The third kappa shape index (κ3) is 3.26.